The van der Waals surface area contributed by atoms with E-state index in [1.54, 1.807) is 6.07 Å². The molecule has 0 aliphatic heterocycles. The van der Waals surface area contributed by atoms with Crippen LogP contribution in [0.15, 0.2) is 18.2 Å². The number of nitrogens with zero attached hydrogens (tertiary/aromatic N) is 1. The van der Waals surface area contributed by atoms with Gasteiger partial charge in [0, 0.05) is 11.3 Å². The lowest BCUT2D eigenvalue weighted by molar-refractivity contribution is 0.0406. The number of aromatic nitrogens is 2. The highest BCUT2D eigenvalue weighted by Gasteiger charge is 2.31. The molecule has 1 amide bonds. The van der Waals surface area contributed by atoms with E-state index in [0.29, 0.717) is 12.3 Å². The van der Waals surface area contributed by atoms with Gasteiger partial charge in [0.1, 0.15) is 12.2 Å². The van der Waals surface area contributed by atoms with Gasteiger partial charge in [-0.1, -0.05) is 19.9 Å². The van der Waals surface area contributed by atoms with Crippen LogP contribution in [0, 0.1) is 25.6 Å². The van der Waals surface area contributed by atoms with E-state index in [1.807, 2.05) is 47.6 Å². The van der Waals surface area contributed by atoms with Gasteiger partial charge in [-0.2, -0.15) is 5.10 Å². The van der Waals surface area contributed by atoms with Crippen molar-refractivity contribution >= 4 is 6.09 Å². The van der Waals surface area contributed by atoms with E-state index in [4.69, 9.17) is 9.47 Å². The molecule has 7 heteroatoms. The molecule has 30 heavy (non-hydrogen) atoms. The Morgan fingerprint density at radius 3 is 2.40 bits per heavy atom. The van der Waals surface area contributed by atoms with Crippen molar-refractivity contribution in [1.29, 1.82) is 0 Å². The Balaban J connectivity index is 2.15. The van der Waals surface area contributed by atoms with Crippen LogP contribution in [0.1, 0.15) is 59.4 Å². The summed E-state index contributed by atoms with van der Waals surface area (Å²) in [7, 11) is 0. The van der Waals surface area contributed by atoms with Gasteiger partial charge in [0.2, 0.25) is 0 Å². The van der Waals surface area contributed by atoms with Crippen molar-refractivity contribution in [2.75, 3.05) is 6.61 Å². The van der Waals surface area contributed by atoms with E-state index in [0.717, 1.165) is 22.5 Å². The van der Waals surface area contributed by atoms with Crippen LogP contribution in [0.2, 0.25) is 0 Å². The lowest BCUT2D eigenvalue weighted by Crippen LogP contribution is -2.52. The fourth-order valence-electron chi connectivity index (χ4n) is 3.58. The minimum atomic E-state index is -0.709. The van der Waals surface area contributed by atoms with Gasteiger partial charge in [0.15, 0.2) is 11.6 Å². The first-order valence-corrected chi connectivity index (χ1v) is 10.2. The van der Waals surface area contributed by atoms with Crippen LogP contribution in [0.25, 0.3) is 11.1 Å². The van der Waals surface area contributed by atoms with Crippen molar-refractivity contribution in [3.63, 3.8) is 0 Å². The first kappa shape index (κ1) is 23.7. The molecule has 0 saturated heterocycles. The number of alkyl carbamates (subject to hydrolysis) is 1. The Hall–Kier alpha value is -2.57. The number of ether oxygens (including phenoxy) is 2. The standard InChI is InChI=1S/C23H34FN3O3/c1-14(2)12-23(8,25-21(28)30-22(5,6)7)13-29-19-10-9-17(11-18(19)24)20-15(3)26-27-16(20)4/h9-11,14H,12-13H2,1-8H3,(H,25,28)(H,26,27). The molecule has 0 aliphatic carbocycles. The highest BCUT2D eigenvalue weighted by atomic mass is 19.1. The number of H-pyrrole nitrogens is 1. The average Bonchev–Trinajstić information content (AvgIpc) is 2.89. The smallest absolute Gasteiger partial charge is 0.408 e. The normalized spacial score (nSPS) is 13.8. The van der Waals surface area contributed by atoms with Crippen LogP contribution in [0.4, 0.5) is 9.18 Å². The summed E-state index contributed by atoms with van der Waals surface area (Å²) in [6, 6.07) is 4.87. The number of hydrogen-bond acceptors (Lipinski definition) is 4. The molecule has 1 heterocycles. The highest BCUT2D eigenvalue weighted by Crippen LogP contribution is 2.30. The number of amides is 1. The number of halogens is 1. The molecule has 0 saturated carbocycles. The molecule has 1 atom stereocenters. The third kappa shape index (κ3) is 6.47. The Morgan fingerprint density at radius 2 is 1.90 bits per heavy atom. The number of benzene rings is 1. The molecule has 0 aliphatic rings. The van der Waals surface area contributed by atoms with Crippen LogP contribution >= 0.6 is 0 Å². The third-order valence-corrected chi connectivity index (χ3v) is 4.56. The first-order valence-electron chi connectivity index (χ1n) is 10.2. The Bertz CT molecular complexity index is 867. The molecule has 2 rings (SSSR count). The van der Waals surface area contributed by atoms with E-state index >= 15 is 0 Å². The van der Waals surface area contributed by atoms with Crippen LogP contribution in [0.5, 0.6) is 5.75 Å². The van der Waals surface area contributed by atoms with Crippen LogP contribution in [-0.4, -0.2) is 34.0 Å². The van der Waals surface area contributed by atoms with Crippen molar-refractivity contribution in [1.82, 2.24) is 15.5 Å². The first-order chi connectivity index (χ1) is 13.8. The summed E-state index contributed by atoms with van der Waals surface area (Å²) in [5.41, 5.74) is 2.00. The Kier molecular flexibility index (Phi) is 7.16. The quantitative estimate of drug-likeness (QED) is 0.618. The molecule has 0 fully saturated rings. The van der Waals surface area contributed by atoms with Gasteiger partial charge < -0.3 is 14.8 Å². The monoisotopic (exact) mass is 419 g/mol. The van der Waals surface area contributed by atoms with E-state index in [2.05, 4.69) is 29.4 Å². The highest BCUT2D eigenvalue weighted by molar-refractivity contribution is 5.69. The van der Waals surface area contributed by atoms with E-state index in [1.165, 1.54) is 6.07 Å². The molecular formula is C23H34FN3O3. The maximum atomic E-state index is 14.8. The minimum absolute atomic E-state index is 0.116. The van der Waals surface area contributed by atoms with Crippen LogP contribution in [0.3, 0.4) is 0 Å². The summed E-state index contributed by atoms with van der Waals surface area (Å²) < 4.78 is 25.9. The lowest BCUT2D eigenvalue weighted by Gasteiger charge is -2.33. The minimum Gasteiger partial charge on any atom is -0.488 e. The zero-order valence-corrected chi connectivity index (χ0v) is 19.3. The number of carbonyl (C=O) groups is 1. The third-order valence-electron chi connectivity index (χ3n) is 4.56. The van der Waals surface area contributed by atoms with Gasteiger partial charge in [-0.05, 0) is 71.6 Å². The van der Waals surface area contributed by atoms with Gasteiger partial charge in [0.25, 0.3) is 0 Å². The molecule has 1 aromatic heterocycles. The molecule has 0 bridgehead atoms. The topological polar surface area (TPSA) is 76.2 Å². The summed E-state index contributed by atoms with van der Waals surface area (Å²) in [4.78, 5) is 12.3. The lowest BCUT2D eigenvalue weighted by atomic mass is 9.91. The number of aromatic amines is 1. The van der Waals surface area contributed by atoms with Crippen LogP contribution < -0.4 is 10.1 Å². The summed E-state index contributed by atoms with van der Waals surface area (Å²) in [5.74, 6) is -0.0250. The molecule has 166 valence electrons. The fraction of sp³-hybridized carbons (Fsp3) is 0.565. The summed E-state index contributed by atoms with van der Waals surface area (Å²) in [6.07, 6.45) is 0.135. The maximum Gasteiger partial charge on any atom is 0.408 e. The zero-order valence-electron chi connectivity index (χ0n) is 19.3. The molecule has 0 radical (unpaired) electrons. The van der Waals surface area contributed by atoms with Crippen molar-refractivity contribution < 1.29 is 18.7 Å². The van der Waals surface area contributed by atoms with Gasteiger partial charge in [-0.3, -0.25) is 5.10 Å². The average molecular weight is 420 g/mol. The largest absolute Gasteiger partial charge is 0.488 e. The maximum absolute atomic E-state index is 14.8. The van der Waals surface area contributed by atoms with E-state index in [9.17, 15) is 9.18 Å². The summed E-state index contributed by atoms with van der Waals surface area (Å²) in [5, 5.41) is 9.97. The van der Waals surface area contributed by atoms with Crippen molar-refractivity contribution in [2.24, 2.45) is 5.92 Å². The SMILES string of the molecule is Cc1n[nH]c(C)c1-c1ccc(OCC(C)(CC(C)C)NC(=O)OC(C)(C)C)c(F)c1. The van der Waals surface area contributed by atoms with Gasteiger partial charge in [-0.25, -0.2) is 9.18 Å². The predicted octanol–water partition coefficient (Wildman–Crippen LogP) is 5.54. The van der Waals surface area contributed by atoms with Crippen molar-refractivity contribution in [2.45, 2.75) is 73.0 Å². The molecule has 2 aromatic rings. The number of rotatable bonds is 7. The number of aryl methyl sites for hydroxylation is 2. The molecule has 0 spiro atoms. The molecule has 1 aromatic carbocycles. The van der Waals surface area contributed by atoms with Gasteiger partial charge >= 0.3 is 6.09 Å². The number of carbonyl (C=O) groups excluding carboxylic acids is 1. The molecule has 1 unspecified atom stereocenters. The van der Waals surface area contributed by atoms with E-state index < -0.39 is 23.1 Å². The number of nitrogens with one attached hydrogen (secondary N) is 2. The summed E-state index contributed by atoms with van der Waals surface area (Å²) in [6.45, 7) is 15.3. The van der Waals surface area contributed by atoms with Crippen molar-refractivity contribution in [3.05, 3.63) is 35.4 Å². The van der Waals surface area contributed by atoms with Crippen LogP contribution in [-0.2, 0) is 4.74 Å². The second-order valence-corrected chi connectivity index (χ2v) is 9.53. The second kappa shape index (κ2) is 9.06. The van der Waals surface area contributed by atoms with Gasteiger partial charge in [0.05, 0.1) is 11.2 Å². The predicted molar refractivity (Wildman–Crippen MR) is 116 cm³/mol. The number of hydrogen-bond donors (Lipinski definition) is 2. The van der Waals surface area contributed by atoms with Gasteiger partial charge in [-0.15, -0.1) is 0 Å². The van der Waals surface area contributed by atoms with Crippen molar-refractivity contribution in [3.8, 4) is 16.9 Å². The Labute approximate surface area is 178 Å². The molecule has 6 nitrogen and oxygen atoms in total. The molecule has 2 N–H and O–H groups in total. The Morgan fingerprint density at radius 1 is 1.23 bits per heavy atom. The zero-order chi connectivity index (χ0) is 22.7. The second-order valence-electron chi connectivity index (χ2n) is 9.53. The molecular weight excluding hydrogens is 385 g/mol. The fourth-order valence-corrected chi connectivity index (χ4v) is 3.58. The summed E-state index contributed by atoms with van der Waals surface area (Å²) >= 11 is 0. The van der Waals surface area contributed by atoms with E-state index in [-0.39, 0.29) is 12.4 Å².